The van der Waals surface area contributed by atoms with Gasteiger partial charge in [0.05, 0.1) is 12.7 Å². The topological polar surface area (TPSA) is 58.4 Å². The van der Waals surface area contributed by atoms with Gasteiger partial charge in [-0.3, -0.25) is 14.3 Å². The summed E-state index contributed by atoms with van der Waals surface area (Å²) in [4.78, 5) is 29.4. The highest BCUT2D eigenvalue weighted by Crippen LogP contribution is 2.22. The molecule has 3 heterocycles. The molecule has 0 saturated carbocycles. The normalized spacial score (nSPS) is 18.3. The van der Waals surface area contributed by atoms with Crippen LogP contribution in [0.1, 0.15) is 49.7 Å². The van der Waals surface area contributed by atoms with E-state index in [0.29, 0.717) is 25.5 Å². The fourth-order valence-electron chi connectivity index (χ4n) is 4.49. The second-order valence-corrected chi connectivity index (χ2v) is 8.63. The van der Waals surface area contributed by atoms with Crippen LogP contribution in [0, 0.1) is 5.92 Å². The smallest absolute Gasteiger partial charge is 0.246 e. The number of carbonyl (C=O) groups excluding carboxylic acids is 2. The van der Waals surface area contributed by atoms with Crippen LogP contribution in [0.15, 0.2) is 48.8 Å². The van der Waals surface area contributed by atoms with Gasteiger partial charge in [0.15, 0.2) is 0 Å². The molecule has 4 rings (SSSR count). The Balaban J connectivity index is 1.25. The zero-order valence-corrected chi connectivity index (χ0v) is 18.2. The van der Waals surface area contributed by atoms with Crippen molar-refractivity contribution in [1.29, 1.82) is 0 Å². The first-order chi connectivity index (χ1) is 15.2. The van der Waals surface area contributed by atoms with Crippen LogP contribution < -0.4 is 0 Å². The molecule has 2 aromatic rings. The number of piperidine rings is 1. The molecule has 0 aliphatic carbocycles. The Morgan fingerprint density at radius 3 is 2.35 bits per heavy atom. The van der Waals surface area contributed by atoms with E-state index in [2.05, 4.69) is 22.1 Å². The second kappa shape index (κ2) is 10.4. The number of rotatable bonds is 5. The van der Waals surface area contributed by atoms with Crippen LogP contribution in [0.4, 0.5) is 0 Å². The fraction of sp³-hybridized carbons (Fsp3) is 0.480. The monoisotopic (exact) mass is 420 g/mol. The molecule has 2 aliphatic heterocycles. The first-order valence-corrected chi connectivity index (χ1v) is 11.5. The van der Waals surface area contributed by atoms with Gasteiger partial charge >= 0.3 is 0 Å². The molecule has 31 heavy (non-hydrogen) atoms. The van der Waals surface area contributed by atoms with E-state index < -0.39 is 0 Å². The molecule has 0 spiro atoms. The lowest BCUT2D eigenvalue weighted by Crippen LogP contribution is -2.44. The predicted molar refractivity (Wildman–Crippen MR) is 121 cm³/mol. The Morgan fingerprint density at radius 2 is 1.65 bits per heavy atom. The summed E-state index contributed by atoms with van der Waals surface area (Å²) in [5.41, 5.74) is 2.10. The number of carbonyl (C=O) groups is 2. The van der Waals surface area contributed by atoms with Crippen molar-refractivity contribution in [3.63, 3.8) is 0 Å². The molecule has 0 radical (unpaired) electrons. The lowest BCUT2D eigenvalue weighted by Gasteiger charge is -2.33. The van der Waals surface area contributed by atoms with E-state index in [1.54, 1.807) is 12.3 Å². The van der Waals surface area contributed by atoms with Crippen LogP contribution in [0.5, 0.6) is 0 Å². The first kappa shape index (κ1) is 21.3. The lowest BCUT2D eigenvalue weighted by atomic mass is 9.95. The third-order valence-corrected chi connectivity index (χ3v) is 6.33. The Morgan fingerprint density at radius 1 is 0.935 bits per heavy atom. The van der Waals surface area contributed by atoms with Gasteiger partial charge in [0.25, 0.3) is 0 Å². The van der Waals surface area contributed by atoms with Crippen LogP contribution in [0.25, 0.3) is 6.08 Å². The van der Waals surface area contributed by atoms with Crippen molar-refractivity contribution in [2.24, 2.45) is 5.92 Å². The van der Waals surface area contributed by atoms with Crippen molar-refractivity contribution >= 4 is 17.9 Å². The van der Waals surface area contributed by atoms with E-state index in [-0.39, 0.29) is 11.8 Å². The van der Waals surface area contributed by atoms with Crippen molar-refractivity contribution in [3.05, 3.63) is 59.9 Å². The molecule has 1 aromatic carbocycles. The largest absolute Gasteiger partial charge is 0.342 e. The number of hydrogen-bond acceptors (Lipinski definition) is 3. The van der Waals surface area contributed by atoms with Gasteiger partial charge in [0, 0.05) is 49.9 Å². The zero-order valence-electron chi connectivity index (χ0n) is 18.2. The van der Waals surface area contributed by atoms with E-state index in [4.69, 9.17) is 0 Å². The van der Waals surface area contributed by atoms with Crippen molar-refractivity contribution in [2.45, 2.75) is 45.1 Å². The highest BCUT2D eigenvalue weighted by Gasteiger charge is 2.29. The van der Waals surface area contributed by atoms with Crippen molar-refractivity contribution in [3.8, 4) is 0 Å². The van der Waals surface area contributed by atoms with Crippen LogP contribution in [-0.2, 0) is 16.1 Å². The van der Waals surface area contributed by atoms with Crippen LogP contribution >= 0.6 is 0 Å². The summed E-state index contributed by atoms with van der Waals surface area (Å²) >= 11 is 0. The zero-order chi connectivity index (χ0) is 21.5. The molecule has 0 N–H and O–H groups in total. The Kier molecular flexibility index (Phi) is 7.18. The first-order valence-electron chi connectivity index (χ1n) is 11.5. The molecule has 2 fully saturated rings. The van der Waals surface area contributed by atoms with Crippen LogP contribution in [0.2, 0.25) is 0 Å². The summed E-state index contributed by atoms with van der Waals surface area (Å²) in [6.45, 7) is 3.82. The van der Waals surface area contributed by atoms with Crippen molar-refractivity contribution in [2.75, 3.05) is 26.2 Å². The predicted octanol–water partition coefficient (Wildman–Crippen LogP) is 3.59. The SMILES string of the molecule is O=C(/C=C/c1cnn(Cc2ccccc2)c1)N1CCC(C(=O)N2CCCCCC2)CC1. The molecule has 6 nitrogen and oxygen atoms in total. The van der Waals surface area contributed by atoms with Crippen LogP contribution in [0.3, 0.4) is 0 Å². The number of aromatic nitrogens is 2. The maximum absolute atomic E-state index is 12.8. The Hall–Kier alpha value is -2.89. The highest BCUT2D eigenvalue weighted by molar-refractivity contribution is 5.92. The standard InChI is InChI=1S/C25H32N4O2/c30-24(11-10-22-18-26-29(20-22)19-21-8-4-3-5-9-21)27-16-12-23(13-17-27)25(31)28-14-6-1-2-7-15-28/h3-5,8-11,18,20,23H,1-2,6-7,12-17,19H2/b11-10+. The lowest BCUT2D eigenvalue weighted by molar-refractivity contribution is -0.139. The summed E-state index contributed by atoms with van der Waals surface area (Å²) in [5, 5.41) is 4.38. The van der Waals surface area contributed by atoms with Crippen LogP contribution in [-0.4, -0.2) is 57.6 Å². The van der Waals surface area contributed by atoms with Gasteiger partial charge in [-0.25, -0.2) is 0 Å². The molecule has 2 aliphatic rings. The van der Waals surface area contributed by atoms with E-state index in [1.807, 2.05) is 40.1 Å². The van der Waals surface area contributed by atoms with Crippen molar-refractivity contribution < 1.29 is 9.59 Å². The van der Waals surface area contributed by atoms with Crippen molar-refractivity contribution in [1.82, 2.24) is 19.6 Å². The molecular formula is C25H32N4O2. The summed E-state index contributed by atoms with van der Waals surface area (Å²) in [6, 6.07) is 10.2. The van der Waals surface area contributed by atoms with E-state index in [0.717, 1.165) is 44.3 Å². The molecular weight excluding hydrogens is 388 g/mol. The molecule has 1 aromatic heterocycles. The quantitative estimate of drug-likeness (QED) is 0.695. The van der Waals surface area contributed by atoms with E-state index in [9.17, 15) is 9.59 Å². The average molecular weight is 421 g/mol. The van der Waals surface area contributed by atoms with Gasteiger partial charge in [-0.15, -0.1) is 0 Å². The maximum Gasteiger partial charge on any atom is 0.246 e. The fourth-order valence-corrected chi connectivity index (χ4v) is 4.49. The molecule has 0 bridgehead atoms. The highest BCUT2D eigenvalue weighted by atomic mass is 16.2. The van der Waals surface area contributed by atoms with E-state index in [1.165, 1.54) is 18.4 Å². The Bertz CT molecular complexity index is 889. The minimum Gasteiger partial charge on any atom is -0.342 e. The molecule has 0 atom stereocenters. The molecule has 6 heteroatoms. The van der Waals surface area contributed by atoms with Gasteiger partial charge in [-0.2, -0.15) is 5.10 Å². The summed E-state index contributed by atoms with van der Waals surface area (Å²) in [6.07, 6.45) is 13.4. The van der Waals surface area contributed by atoms with E-state index >= 15 is 0 Å². The second-order valence-electron chi connectivity index (χ2n) is 8.63. The molecule has 2 saturated heterocycles. The third kappa shape index (κ3) is 5.84. The third-order valence-electron chi connectivity index (χ3n) is 6.33. The molecule has 0 unspecified atom stereocenters. The summed E-state index contributed by atoms with van der Waals surface area (Å²) in [5.74, 6) is 0.384. The number of nitrogens with zero attached hydrogens (tertiary/aromatic N) is 4. The van der Waals surface area contributed by atoms with Gasteiger partial charge < -0.3 is 9.80 Å². The average Bonchev–Trinajstić information content (AvgIpc) is 3.07. The minimum absolute atomic E-state index is 0.0106. The number of hydrogen-bond donors (Lipinski definition) is 0. The maximum atomic E-state index is 12.8. The van der Waals surface area contributed by atoms with Gasteiger partial charge in [-0.1, -0.05) is 43.2 Å². The summed E-state index contributed by atoms with van der Waals surface area (Å²) in [7, 11) is 0. The molecule has 164 valence electrons. The number of benzene rings is 1. The van der Waals surface area contributed by atoms with Gasteiger partial charge in [0.1, 0.15) is 0 Å². The Labute approximate surface area is 184 Å². The summed E-state index contributed by atoms with van der Waals surface area (Å²) < 4.78 is 1.87. The number of likely N-dealkylation sites (tertiary alicyclic amines) is 2. The van der Waals surface area contributed by atoms with Gasteiger partial charge in [0.2, 0.25) is 11.8 Å². The number of amides is 2. The minimum atomic E-state index is 0.0106. The molecule has 2 amide bonds. The van der Waals surface area contributed by atoms with Gasteiger partial charge in [-0.05, 0) is 37.3 Å².